The molecule has 2 aromatic heterocycles. The van der Waals surface area contributed by atoms with E-state index in [1.165, 1.54) is 11.3 Å². The Morgan fingerprint density at radius 2 is 1.83 bits per heavy atom. The van der Waals surface area contributed by atoms with Crippen LogP contribution in [0.15, 0.2) is 39.1 Å². The highest BCUT2D eigenvalue weighted by Gasteiger charge is 2.19. The van der Waals surface area contributed by atoms with E-state index in [9.17, 15) is 0 Å². The van der Waals surface area contributed by atoms with Gasteiger partial charge in [0.05, 0.1) is 5.25 Å². The van der Waals surface area contributed by atoms with E-state index in [-0.39, 0.29) is 10.8 Å². The van der Waals surface area contributed by atoms with Gasteiger partial charge in [0, 0.05) is 11.1 Å². The lowest BCUT2D eigenvalue weighted by Gasteiger charge is -2.18. The highest BCUT2D eigenvalue weighted by Crippen LogP contribution is 2.37. The molecular formula is C16H19N5OS2. The van der Waals surface area contributed by atoms with Crippen molar-refractivity contribution in [3.63, 3.8) is 0 Å². The molecule has 126 valence electrons. The average Bonchev–Trinajstić information content (AvgIpc) is 3.16. The van der Waals surface area contributed by atoms with E-state index in [1.54, 1.807) is 11.8 Å². The van der Waals surface area contributed by atoms with Crippen LogP contribution in [0, 0.1) is 0 Å². The number of thioether (sulfide) groups is 1. The third-order valence-corrected chi connectivity index (χ3v) is 4.99. The highest BCUT2D eigenvalue weighted by molar-refractivity contribution is 8.01. The molecule has 0 saturated carbocycles. The number of nitrogens with zero attached hydrogens (tertiary/aromatic N) is 4. The summed E-state index contributed by atoms with van der Waals surface area (Å²) in [7, 11) is 0. The average molecular weight is 361 g/mol. The van der Waals surface area contributed by atoms with Crippen molar-refractivity contribution in [2.45, 2.75) is 42.8 Å². The molecule has 3 aromatic rings. The van der Waals surface area contributed by atoms with Gasteiger partial charge < -0.3 is 9.73 Å². The highest BCUT2D eigenvalue weighted by atomic mass is 32.2. The number of nitrogens with one attached hydrogen (secondary N) is 1. The molecule has 0 aliphatic rings. The number of anilines is 1. The monoisotopic (exact) mass is 361 g/mol. The molecule has 0 fully saturated rings. The smallest absolute Gasteiger partial charge is 0.247 e. The summed E-state index contributed by atoms with van der Waals surface area (Å²) < 4.78 is 6.66. The maximum Gasteiger partial charge on any atom is 0.247 e. The molecule has 0 bridgehead atoms. The summed E-state index contributed by atoms with van der Waals surface area (Å²) in [6, 6.07) is 9.75. The third kappa shape index (κ3) is 4.33. The summed E-state index contributed by atoms with van der Waals surface area (Å²) in [5.41, 5.74) is 0.880. The van der Waals surface area contributed by atoms with Gasteiger partial charge in [-0.1, -0.05) is 41.3 Å². The van der Waals surface area contributed by atoms with Crippen LogP contribution >= 0.6 is 23.1 Å². The van der Waals surface area contributed by atoms with Crippen LogP contribution in [0.4, 0.5) is 5.13 Å². The first-order valence-corrected chi connectivity index (χ1v) is 9.27. The van der Waals surface area contributed by atoms with Crippen molar-refractivity contribution in [3.8, 4) is 11.5 Å². The Balaban J connectivity index is 1.67. The first kappa shape index (κ1) is 16.9. The molecule has 24 heavy (non-hydrogen) atoms. The summed E-state index contributed by atoms with van der Waals surface area (Å²) in [5, 5.41) is 20.8. The van der Waals surface area contributed by atoms with Gasteiger partial charge in [0.25, 0.3) is 0 Å². The number of aromatic nitrogens is 4. The number of hydrogen-bond acceptors (Lipinski definition) is 8. The van der Waals surface area contributed by atoms with Gasteiger partial charge >= 0.3 is 0 Å². The molecule has 0 amide bonds. The maximum absolute atomic E-state index is 5.79. The van der Waals surface area contributed by atoms with E-state index < -0.39 is 0 Å². The minimum atomic E-state index is -0.0375. The van der Waals surface area contributed by atoms with Gasteiger partial charge in [0.15, 0.2) is 4.34 Å². The molecule has 1 unspecified atom stereocenters. The first-order chi connectivity index (χ1) is 11.4. The van der Waals surface area contributed by atoms with E-state index in [2.05, 4.69) is 46.5 Å². The molecule has 0 aliphatic heterocycles. The molecule has 6 nitrogen and oxygen atoms in total. The standard InChI is InChI=1S/C16H19N5OS2/c1-10(23-15-21-20-14(24-15)17-16(2,3)4)12-18-19-13(22-12)11-8-6-5-7-9-11/h5-10H,1-4H3,(H,17,20). The topological polar surface area (TPSA) is 76.7 Å². The van der Waals surface area contributed by atoms with Crippen LogP contribution in [0.3, 0.4) is 0 Å². The lowest BCUT2D eigenvalue weighted by molar-refractivity contribution is 0.509. The van der Waals surface area contributed by atoms with Gasteiger partial charge in [-0.05, 0) is 39.8 Å². The molecule has 2 heterocycles. The molecule has 0 spiro atoms. The summed E-state index contributed by atoms with van der Waals surface area (Å²) >= 11 is 3.09. The Hall–Kier alpha value is -1.93. The van der Waals surface area contributed by atoms with Gasteiger partial charge in [0.2, 0.25) is 16.9 Å². The van der Waals surface area contributed by atoms with E-state index >= 15 is 0 Å². The van der Waals surface area contributed by atoms with Crippen LogP contribution in [0.5, 0.6) is 0 Å². The normalized spacial score (nSPS) is 13.0. The molecular weight excluding hydrogens is 342 g/mol. The summed E-state index contributed by atoms with van der Waals surface area (Å²) in [6.07, 6.45) is 0. The second-order valence-electron chi connectivity index (χ2n) is 6.32. The van der Waals surface area contributed by atoms with Crippen molar-refractivity contribution in [2.24, 2.45) is 0 Å². The fourth-order valence-corrected chi connectivity index (χ4v) is 4.06. The van der Waals surface area contributed by atoms with E-state index in [0.29, 0.717) is 11.8 Å². The minimum absolute atomic E-state index is 0.00500. The molecule has 1 atom stereocenters. The van der Waals surface area contributed by atoms with Crippen LogP contribution in [0.1, 0.15) is 38.8 Å². The zero-order valence-corrected chi connectivity index (χ0v) is 15.6. The van der Waals surface area contributed by atoms with E-state index in [1.807, 2.05) is 37.3 Å². The Morgan fingerprint density at radius 3 is 2.54 bits per heavy atom. The Labute approximate surface area is 149 Å². The molecule has 1 aromatic carbocycles. The lowest BCUT2D eigenvalue weighted by Crippen LogP contribution is -2.25. The second-order valence-corrected chi connectivity index (χ2v) is 8.89. The Morgan fingerprint density at radius 1 is 1.08 bits per heavy atom. The fourth-order valence-electron chi connectivity index (χ4n) is 1.93. The molecule has 8 heteroatoms. The van der Waals surface area contributed by atoms with Gasteiger partial charge in [0.1, 0.15) is 0 Å². The van der Waals surface area contributed by atoms with E-state index in [0.717, 1.165) is 15.0 Å². The molecule has 0 radical (unpaired) electrons. The predicted octanol–water partition coefficient (Wildman–Crippen LogP) is 4.65. The van der Waals surface area contributed by atoms with Crippen molar-refractivity contribution in [1.29, 1.82) is 0 Å². The molecule has 0 saturated heterocycles. The zero-order valence-electron chi connectivity index (χ0n) is 14.0. The van der Waals surface area contributed by atoms with Crippen molar-refractivity contribution in [2.75, 3.05) is 5.32 Å². The van der Waals surface area contributed by atoms with Gasteiger partial charge in [-0.15, -0.1) is 20.4 Å². The van der Waals surface area contributed by atoms with Crippen LogP contribution in [0.2, 0.25) is 0 Å². The summed E-state index contributed by atoms with van der Waals surface area (Å²) in [5.74, 6) is 1.12. The zero-order chi connectivity index (χ0) is 17.2. The SMILES string of the molecule is CC(Sc1nnc(NC(C)(C)C)s1)c1nnc(-c2ccccc2)o1. The van der Waals surface area contributed by atoms with Gasteiger partial charge in [-0.2, -0.15) is 0 Å². The van der Waals surface area contributed by atoms with E-state index in [4.69, 9.17) is 4.42 Å². The number of hydrogen-bond donors (Lipinski definition) is 1. The molecule has 1 N–H and O–H groups in total. The maximum atomic E-state index is 5.79. The van der Waals surface area contributed by atoms with Crippen molar-refractivity contribution in [1.82, 2.24) is 20.4 Å². The summed E-state index contributed by atoms with van der Waals surface area (Å²) in [6.45, 7) is 8.29. The predicted molar refractivity (Wildman–Crippen MR) is 97.3 cm³/mol. The number of benzene rings is 1. The molecule has 0 aliphatic carbocycles. The van der Waals surface area contributed by atoms with Crippen LogP contribution in [-0.4, -0.2) is 25.9 Å². The van der Waals surface area contributed by atoms with Crippen LogP contribution < -0.4 is 5.32 Å². The first-order valence-electron chi connectivity index (χ1n) is 7.58. The van der Waals surface area contributed by atoms with Gasteiger partial charge in [-0.25, -0.2) is 0 Å². The van der Waals surface area contributed by atoms with Crippen molar-refractivity contribution < 1.29 is 4.42 Å². The lowest BCUT2D eigenvalue weighted by atomic mass is 10.1. The quantitative estimate of drug-likeness (QED) is 0.663. The van der Waals surface area contributed by atoms with Crippen molar-refractivity contribution in [3.05, 3.63) is 36.2 Å². The fraction of sp³-hybridized carbons (Fsp3) is 0.375. The minimum Gasteiger partial charge on any atom is -0.419 e. The molecule has 3 rings (SSSR count). The van der Waals surface area contributed by atoms with Crippen LogP contribution in [-0.2, 0) is 0 Å². The van der Waals surface area contributed by atoms with Crippen molar-refractivity contribution >= 4 is 28.2 Å². The second kappa shape index (κ2) is 6.90. The summed E-state index contributed by atoms with van der Waals surface area (Å²) in [4.78, 5) is 0. The largest absolute Gasteiger partial charge is 0.419 e. The van der Waals surface area contributed by atoms with Gasteiger partial charge in [-0.3, -0.25) is 0 Å². The third-order valence-electron chi connectivity index (χ3n) is 2.98. The number of rotatable bonds is 5. The Bertz CT molecular complexity index is 794. The van der Waals surface area contributed by atoms with Crippen LogP contribution in [0.25, 0.3) is 11.5 Å². The Kier molecular flexibility index (Phi) is 4.86.